The molecule has 0 aromatic heterocycles. The van der Waals surface area contributed by atoms with Crippen molar-refractivity contribution in [2.24, 2.45) is 5.14 Å². The predicted octanol–water partition coefficient (Wildman–Crippen LogP) is 2.30. The Bertz CT molecular complexity index is 600. The van der Waals surface area contributed by atoms with Crippen LogP contribution in [0.2, 0.25) is 0 Å². The molecule has 0 bridgehead atoms. The fourth-order valence-corrected chi connectivity index (χ4v) is 1.70. The first-order valence-corrected chi connectivity index (χ1v) is 6.44. The third-order valence-corrected chi connectivity index (χ3v) is 2.82. The topological polar surface area (TPSA) is 60.2 Å². The monoisotopic (exact) mass is 271 g/mol. The zero-order chi connectivity index (χ0) is 13.6. The summed E-state index contributed by atoms with van der Waals surface area (Å²) in [5.41, 5.74) is 0. The fourth-order valence-electron chi connectivity index (χ4n) is 1.09. The van der Waals surface area contributed by atoms with E-state index < -0.39 is 20.7 Å². The number of nitrogens with two attached hydrogens (primary N) is 1. The molecule has 0 atom stereocenters. The first-order valence-electron chi connectivity index (χ1n) is 4.89. The molecular formula is C12H11F2NO2S. The van der Waals surface area contributed by atoms with Gasteiger partial charge in [0.15, 0.2) is 0 Å². The van der Waals surface area contributed by atoms with Gasteiger partial charge in [-0.15, -0.1) is 0 Å². The van der Waals surface area contributed by atoms with Gasteiger partial charge in [0, 0.05) is 0 Å². The summed E-state index contributed by atoms with van der Waals surface area (Å²) in [5, 5.41) is 4.69. The molecule has 0 radical (unpaired) electrons. The van der Waals surface area contributed by atoms with Crippen LogP contribution in [-0.4, -0.2) is 8.42 Å². The van der Waals surface area contributed by atoms with Gasteiger partial charge in [-0.25, -0.2) is 22.3 Å². The highest BCUT2D eigenvalue weighted by Gasteiger charge is 2.11. The van der Waals surface area contributed by atoms with E-state index in [9.17, 15) is 17.2 Å². The summed E-state index contributed by atoms with van der Waals surface area (Å²) in [6, 6.07) is 12.9. The molecule has 0 heterocycles. The quantitative estimate of drug-likeness (QED) is 0.865. The predicted molar refractivity (Wildman–Crippen MR) is 64.2 cm³/mol. The summed E-state index contributed by atoms with van der Waals surface area (Å²) in [4.78, 5) is -0.472. The maximum atomic E-state index is 12.6. The maximum Gasteiger partial charge on any atom is 0.240 e. The molecule has 0 aliphatic heterocycles. The molecule has 0 amide bonds. The largest absolute Gasteiger partial charge is 0.240 e. The molecule has 0 spiro atoms. The molecule has 2 rings (SSSR count). The van der Waals surface area contributed by atoms with Gasteiger partial charge in [0.25, 0.3) is 0 Å². The highest BCUT2D eigenvalue weighted by atomic mass is 32.2. The fraction of sp³-hybridized carbons (Fsp3) is 0. The second kappa shape index (κ2) is 6.23. The van der Waals surface area contributed by atoms with E-state index >= 15 is 0 Å². The molecule has 2 aromatic carbocycles. The lowest BCUT2D eigenvalue weighted by Crippen LogP contribution is -2.13. The molecule has 3 nitrogen and oxygen atoms in total. The average Bonchev–Trinajstić information content (AvgIpc) is 2.30. The van der Waals surface area contributed by atoms with Gasteiger partial charge < -0.3 is 0 Å². The van der Waals surface area contributed by atoms with Gasteiger partial charge in [0.05, 0.1) is 0 Å². The van der Waals surface area contributed by atoms with Crippen LogP contribution in [0.5, 0.6) is 0 Å². The standard InChI is InChI=1S/C6H6FNO2S.C6H5F/c7-5-3-1-2-4-6(5)11(8,9)10;7-6-4-2-1-3-5-6/h1-4H,(H2,8,9,10);1-5H. The van der Waals surface area contributed by atoms with Crippen molar-refractivity contribution in [1.29, 1.82) is 0 Å². The highest BCUT2D eigenvalue weighted by molar-refractivity contribution is 7.89. The molecule has 2 N–H and O–H groups in total. The Labute approximate surface area is 104 Å². The van der Waals surface area contributed by atoms with E-state index in [4.69, 9.17) is 0 Å². The Morgan fingerprint density at radius 3 is 1.67 bits per heavy atom. The number of hydrogen-bond donors (Lipinski definition) is 1. The minimum absolute atomic E-state index is 0.178. The minimum atomic E-state index is -3.91. The lowest BCUT2D eigenvalue weighted by atomic mass is 10.4. The lowest BCUT2D eigenvalue weighted by molar-refractivity contribution is 0.568. The Morgan fingerprint density at radius 2 is 1.33 bits per heavy atom. The van der Waals surface area contributed by atoms with Gasteiger partial charge in [-0.2, -0.15) is 0 Å². The van der Waals surface area contributed by atoms with Crippen molar-refractivity contribution in [1.82, 2.24) is 0 Å². The van der Waals surface area contributed by atoms with Crippen molar-refractivity contribution < 1.29 is 17.2 Å². The van der Waals surface area contributed by atoms with Crippen molar-refractivity contribution in [3.8, 4) is 0 Å². The molecule has 6 heteroatoms. The van der Waals surface area contributed by atoms with Crippen LogP contribution in [0.15, 0.2) is 59.5 Å². The van der Waals surface area contributed by atoms with E-state index in [1.54, 1.807) is 18.2 Å². The minimum Gasteiger partial charge on any atom is -0.225 e. The van der Waals surface area contributed by atoms with E-state index in [0.717, 1.165) is 12.1 Å². The van der Waals surface area contributed by atoms with Gasteiger partial charge in [-0.3, -0.25) is 0 Å². The molecule has 0 unspecified atom stereocenters. The van der Waals surface area contributed by atoms with Crippen molar-refractivity contribution in [3.05, 3.63) is 66.2 Å². The van der Waals surface area contributed by atoms with E-state index in [0.29, 0.717) is 0 Å². The summed E-state index contributed by atoms with van der Waals surface area (Å²) in [7, 11) is -3.91. The van der Waals surface area contributed by atoms with Gasteiger partial charge in [-0.1, -0.05) is 30.3 Å². The Kier molecular flexibility index (Phi) is 4.94. The zero-order valence-corrected chi connectivity index (χ0v) is 10.1. The van der Waals surface area contributed by atoms with E-state index in [2.05, 4.69) is 5.14 Å². The normalized spacial score (nSPS) is 10.4. The van der Waals surface area contributed by atoms with Gasteiger partial charge in [0.2, 0.25) is 10.0 Å². The smallest absolute Gasteiger partial charge is 0.225 e. The lowest BCUT2D eigenvalue weighted by Gasteiger charge is -1.97. The second-order valence-electron chi connectivity index (χ2n) is 3.27. The SMILES string of the molecule is Fc1ccccc1.NS(=O)(=O)c1ccccc1F. The first-order chi connectivity index (χ1) is 8.41. The van der Waals surface area contributed by atoms with Crippen LogP contribution in [0.1, 0.15) is 0 Å². The number of halogens is 2. The third kappa shape index (κ3) is 4.60. The Hall–Kier alpha value is -1.79. The van der Waals surface area contributed by atoms with Crippen molar-refractivity contribution in [3.63, 3.8) is 0 Å². The number of rotatable bonds is 1. The number of hydrogen-bond acceptors (Lipinski definition) is 2. The van der Waals surface area contributed by atoms with E-state index in [-0.39, 0.29) is 5.82 Å². The summed E-state index contributed by atoms with van der Waals surface area (Å²) in [6.45, 7) is 0. The van der Waals surface area contributed by atoms with Gasteiger partial charge in [-0.05, 0) is 24.3 Å². The molecule has 0 fully saturated rings. The first kappa shape index (κ1) is 14.3. The van der Waals surface area contributed by atoms with Crippen LogP contribution in [-0.2, 0) is 10.0 Å². The second-order valence-corrected chi connectivity index (χ2v) is 4.80. The molecule has 2 aromatic rings. The zero-order valence-electron chi connectivity index (χ0n) is 9.25. The molecule has 0 saturated heterocycles. The number of benzene rings is 2. The van der Waals surface area contributed by atoms with Crippen LogP contribution in [0, 0.1) is 11.6 Å². The van der Waals surface area contributed by atoms with Crippen molar-refractivity contribution in [2.75, 3.05) is 0 Å². The average molecular weight is 271 g/mol. The van der Waals surface area contributed by atoms with Gasteiger partial charge in [0.1, 0.15) is 16.5 Å². The summed E-state index contributed by atoms with van der Waals surface area (Å²) >= 11 is 0. The highest BCUT2D eigenvalue weighted by Crippen LogP contribution is 2.10. The molecule has 0 saturated carbocycles. The van der Waals surface area contributed by atoms with E-state index in [1.807, 2.05) is 0 Å². The van der Waals surface area contributed by atoms with Crippen molar-refractivity contribution >= 4 is 10.0 Å². The Balaban J connectivity index is 0.000000199. The number of primary sulfonamides is 1. The molecule has 96 valence electrons. The molecule has 0 aliphatic carbocycles. The number of sulfonamides is 1. The molecule has 18 heavy (non-hydrogen) atoms. The summed E-state index contributed by atoms with van der Waals surface area (Å²) in [5.74, 6) is -1.00. The maximum absolute atomic E-state index is 12.6. The van der Waals surface area contributed by atoms with Crippen LogP contribution in [0.25, 0.3) is 0 Å². The van der Waals surface area contributed by atoms with Crippen LogP contribution in [0.3, 0.4) is 0 Å². The molecular weight excluding hydrogens is 260 g/mol. The van der Waals surface area contributed by atoms with Crippen molar-refractivity contribution in [2.45, 2.75) is 4.90 Å². The summed E-state index contributed by atoms with van der Waals surface area (Å²) in [6.07, 6.45) is 0. The summed E-state index contributed by atoms with van der Waals surface area (Å²) < 4.78 is 45.7. The van der Waals surface area contributed by atoms with E-state index in [1.165, 1.54) is 24.3 Å². The molecule has 0 aliphatic rings. The van der Waals surface area contributed by atoms with Crippen LogP contribution in [0.4, 0.5) is 8.78 Å². The van der Waals surface area contributed by atoms with Crippen LogP contribution < -0.4 is 5.14 Å². The van der Waals surface area contributed by atoms with Gasteiger partial charge >= 0.3 is 0 Å². The Morgan fingerprint density at radius 1 is 0.833 bits per heavy atom. The van der Waals surface area contributed by atoms with Crippen LogP contribution >= 0.6 is 0 Å². The third-order valence-electron chi connectivity index (χ3n) is 1.88.